The maximum atomic E-state index is 12.3. The first-order valence-corrected chi connectivity index (χ1v) is 12.0. The van der Waals surface area contributed by atoms with Crippen molar-refractivity contribution in [1.82, 2.24) is 24.5 Å². The van der Waals surface area contributed by atoms with Gasteiger partial charge in [-0.3, -0.25) is 5.10 Å². The first-order chi connectivity index (χ1) is 15.0. The predicted molar refractivity (Wildman–Crippen MR) is 124 cm³/mol. The molecule has 0 atom stereocenters. The average Bonchev–Trinajstić information content (AvgIpc) is 3.41. The van der Waals surface area contributed by atoms with Crippen LogP contribution >= 0.6 is 0 Å². The molecule has 1 aliphatic heterocycles. The molecule has 0 fully saturated rings. The van der Waals surface area contributed by atoms with Gasteiger partial charge in [-0.2, -0.15) is 9.40 Å². The zero-order chi connectivity index (χ0) is 21.4. The Labute approximate surface area is 180 Å². The molecule has 5 rings (SSSR count). The topological polar surface area (TPSA) is 107 Å². The molecule has 8 nitrogen and oxygen atoms in total. The van der Waals surface area contributed by atoms with Crippen molar-refractivity contribution in [3.05, 3.63) is 54.5 Å². The number of sulfonamides is 1. The third-order valence-electron chi connectivity index (χ3n) is 5.62. The van der Waals surface area contributed by atoms with Crippen LogP contribution in [0, 0.1) is 0 Å². The summed E-state index contributed by atoms with van der Waals surface area (Å²) in [5.41, 5.74) is 5.82. The van der Waals surface area contributed by atoms with Gasteiger partial charge in [-0.1, -0.05) is 13.0 Å². The molecular formula is C22H24N6O2S. The minimum atomic E-state index is -3.17. The fourth-order valence-electron chi connectivity index (χ4n) is 4.02. The van der Waals surface area contributed by atoms with Crippen molar-refractivity contribution in [3.63, 3.8) is 0 Å². The molecule has 0 radical (unpaired) electrons. The molecule has 1 aromatic carbocycles. The van der Waals surface area contributed by atoms with Gasteiger partial charge in [-0.25, -0.2) is 13.4 Å². The normalized spacial score (nSPS) is 15.5. The Balaban J connectivity index is 1.41. The van der Waals surface area contributed by atoms with Crippen LogP contribution < -0.4 is 5.32 Å². The van der Waals surface area contributed by atoms with Crippen molar-refractivity contribution in [2.24, 2.45) is 0 Å². The quantitative estimate of drug-likeness (QED) is 0.423. The van der Waals surface area contributed by atoms with E-state index in [1.165, 1.54) is 0 Å². The number of nitrogens with one attached hydrogen (secondary N) is 3. The molecule has 3 N–H and O–H groups in total. The zero-order valence-electron chi connectivity index (χ0n) is 17.2. The summed E-state index contributed by atoms with van der Waals surface area (Å²) in [4.78, 5) is 7.87. The highest BCUT2D eigenvalue weighted by Crippen LogP contribution is 2.31. The maximum Gasteiger partial charge on any atom is 0.214 e. The van der Waals surface area contributed by atoms with E-state index in [1.54, 1.807) is 16.7 Å². The Morgan fingerprint density at radius 2 is 2.13 bits per heavy atom. The number of hydrogen-bond acceptors (Lipinski definition) is 5. The highest BCUT2D eigenvalue weighted by molar-refractivity contribution is 7.89. The van der Waals surface area contributed by atoms with E-state index >= 15 is 0 Å². The van der Waals surface area contributed by atoms with Crippen molar-refractivity contribution in [2.75, 3.05) is 24.2 Å². The summed E-state index contributed by atoms with van der Waals surface area (Å²) in [6.45, 7) is 2.81. The highest BCUT2D eigenvalue weighted by atomic mass is 32.2. The summed E-state index contributed by atoms with van der Waals surface area (Å²) in [6, 6.07) is 10.1. The third-order valence-corrected chi connectivity index (χ3v) is 7.67. The van der Waals surface area contributed by atoms with E-state index in [9.17, 15) is 8.42 Å². The van der Waals surface area contributed by atoms with Gasteiger partial charge in [0.2, 0.25) is 10.0 Å². The molecule has 0 spiro atoms. The van der Waals surface area contributed by atoms with Gasteiger partial charge in [0.25, 0.3) is 0 Å². The maximum absolute atomic E-state index is 12.3. The van der Waals surface area contributed by atoms with Crippen molar-refractivity contribution in [3.8, 4) is 0 Å². The van der Waals surface area contributed by atoms with Crippen LogP contribution in [0.4, 0.5) is 11.4 Å². The number of aromatic nitrogens is 4. The van der Waals surface area contributed by atoms with Crippen LogP contribution in [0.25, 0.3) is 27.5 Å². The summed E-state index contributed by atoms with van der Waals surface area (Å²) in [5, 5.41) is 12.5. The molecule has 0 unspecified atom stereocenters. The summed E-state index contributed by atoms with van der Waals surface area (Å²) in [7, 11) is -3.17. The number of benzene rings is 1. The van der Waals surface area contributed by atoms with Crippen molar-refractivity contribution < 1.29 is 8.42 Å². The Morgan fingerprint density at radius 3 is 2.94 bits per heavy atom. The van der Waals surface area contributed by atoms with Crippen molar-refractivity contribution >= 4 is 48.9 Å². The SMILES string of the molecule is CCCS(=O)(=O)N1CC=C(c2cc3c(Nc4ccc5[nH]ncc5c4)ccnc3[nH]2)CC1. The molecule has 0 amide bonds. The average molecular weight is 437 g/mol. The Bertz CT molecular complexity index is 1390. The number of H-pyrrole nitrogens is 2. The molecule has 1 aliphatic rings. The molecule has 9 heteroatoms. The summed E-state index contributed by atoms with van der Waals surface area (Å²) < 4.78 is 26.2. The number of aromatic amines is 2. The summed E-state index contributed by atoms with van der Waals surface area (Å²) >= 11 is 0. The molecule has 0 aliphatic carbocycles. The molecule has 0 saturated carbocycles. The number of fused-ring (bicyclic) bond motifs is 2. The standard InChI is InChI=1S/C22H24N6O2S/c1-2-11-31(29,30)28-9-6-15(7-10-28)21-13-18-20(5-8-23-22(18)26-21)25-17-3-4-19-16(12-17)14-24-27-19/h3-6,8,12-14H,2,7,9-11H2,1H3,(H,24,27)(H2,23,25,26). The van der Waals surface area contributed by atoms with Gasteiger partial charge in [0.1, 0.15) is 5.65 Å². The van der Waals surface area contributed by atoms with Gasteiger partial charge >= 0.3 is 0 Å². The van der Waals surface area contributed by atoms with Gasteiger partial charge in [-0.15, -0.1) is 0 Å². The van der Waals surface area contributed by atoms with Gasteiger partial charge < -0.3 is 10.3 Å². The van der Waals surface area contributed by atoms with Crippen LogP contribution in [0.15, 0.2) is 48.8 Å². The molecule has 0 bridgehead atoms. The van der Waals surface area contributed by atoms with E-state index in [4.69, 9.17) is 0 Å². The second-order valence-corrected chi connectivity index (χ2v) is 9.84. The minimum Gasteiger partial charge on any atom is -0.355 e. The van der Waals surface area contributed by atoms with E-state index in [2.05, 4.69) is 31.5 Å². The molecule has 4 heterocycles. The first-order valence-electron chi connectivity index (χ1n) is 10.4. The minimum absolute atomic E-state index is 0.201. The third kappa shape index (κ3) is 3.82. The first kappa shape index (κ1) is 19.8. The molecule has 160 valence electrons. The molecule has 0 saturated heterocycles. The fraction of sp³-hybridized carbons (Fsp3) is 0.273. The largest absolute Gasteiger partial charge is 0.355 e. The van der Waals surface area contributed by atoms with E-state index in [1.807, 2.05) is 37.3 Å². The number of anilines is 2. The van der Waals surface area contributed by atoms with Gasteiger partial charge in [0, 0.05) is 41.4 Å². The fourth-order valence-corrected chi connectivity index (χ4v) is 5.46. The van der Waals surface area contributed by atoms with Gasteiger partial charge in [-0.05, 0) is 48.7 Å². The molecule has 31 heavy (non-hydrogen) atoms. The molecule has 3 aromatic heterocycles. The van der Waals surface area contributed by atoms with E-state index in [-0.39, 0.29) is 5.75 Å². The van der Waals surface area contributed by atoms with Crippen LogP contribution in [0.3, 0.4) is 0 Å². The lowest BCUT2D eigenvalue weighted by molar-refractivity contribution is 0.440. The van der Waals surface area contributed by atoms with Gasteiger partial charge in [0.15, 0.2) is 0 Å². The second-order valence-electron chi connectivity index (χ2n) is 7.75. The lowest BCUT2D eigenvalue weighted by atomic mass is 10.1. The van der Waals surface area contributed by atoms with Crippen LogP contribution in [0.2, 0.25) is 0 Å². The monoisotopic (exact) mass is 436 g/mol. The summed E-state index contributed by atoms with van der Waals surface area (Å²) in [6.07, 6.45) is 6.88. The smallest absolute Gasteiger partial charge is 0.214 e. The molecular weight excluding hydrogens is 412 g/mol. The van der Waals surface area contributed by atoms with Crippen LogP contribution in [0.5, 0.6) is 0 Å². The Hall–Kier alpha value is -3.17. The Morgan fingerprint density at radius 1 is 1.23 bits per heavy atom. The van der Waals surface area contributed by atoms with E-state index in [0.29, 0.717) is 25.9 Å². The number of hydrogen-bond donors (Lipinski definition) is 3. The van der Waals surface area contributed by atoms with Crippen LogP contribution in [0.1, 0.15) is 25.5 Å². The van der Waals surface area contributed by atoms with Crippen LogP contribution in [-0.2, 0) is 10.0 Å². The number of rotatable bonds is 6. The predicted octanol–water partition coefficient (Wildman–Crippen LogP) is 4.01. The lowest BCUT2D eigenvalue weighted by Gasteiger charge is -2.25. The lowest BCUT2D eigenvalue weighted by Crippen LogP contribution is -2.36. The van der Waals surface area contributed by atoms with Crippen molar-refractivity contribution in [2.45, 2.75) is 19.8 Å². The van der Waals surface area contributed by atoms with E-state index < -0.39 is 10.0 Å². The van der Waals surface area contributed by atoms with Crippen molar-refractivity contribution in [1.29, 1.82) is 0 Å². The number of pyridine rings is 1. The van der Waals surface area contributed by atoms with Gasteiger partial charge in [0.05, 0.1) is 23.2 Å². The Kier molecular flexibility index (Phi) is 4.99. The second kappa shape index (κ2) is 7.82. The number of nitrogens with zero attached hydrogens (tertiary/aromatic N) is 3. The highest BCUT2D eigenvalue weighted by Gasteiger charge is 2.24. The zero-order valence-corrected chi connectivity index (χ0v) is 18.0. The van der Waals surface area contributed by atoms with E-state index in [0.717, 1.165) is 44.6 Å². The van der Waals surface area contributed by atoms with Crippen LogP contribution in [-0.4, -0.2) is 51.7 Å². The summed E-state index contributed by atoms with van der Waals surface area (Å²) in [5.74, 6) is 0.201. The molecule has 4 aromatic rings.